The first kappa shape index (κ1) is 22.1. The molecule has 4 rings (SSSR count). The molecule has 2 aromatic carbocycles. The molecule has 1 atom stereocenters. The Kier molecular flexibility index (Phi) is 6.34. The smallest absolute Gasteiger partial charge is 0.290 e. The van der Waals surface area contributed by atoms with Gasteiger partial charge in [-0.25, -0.2) is 0 Å². The molecule has 0 saturated heterocycles. The van der Waals surface area contributed by atoms with E-state index in [0.29, 0.717) is 27.9 Å². The van der Waals surface area contributed by atoms with Crippen molar-refractivity contribution in [3.63, 3.8) is 0 Å². The highest BCUT2D eigenvalue weighted by Gasteiger charge is 2.44. The third-order valence-electron chi connectivity index (χ3n) is 5.36. The maximum atomic E-state index is 13.3. The first-order chi connectivity index (χ1) is 15.4. The Morgan fingerprint density at radius 2 is 1.91 bits per heavy atom. The molecule has 6 nitrogen and oxygen atoms in total. The predicted octanol–water partition coefficient (Wildman–Crippen LogP) is 5.05. The van der Waals surface area contributed by atoms with Crippen molar-refractivity contribution in [3.05, 3.63) is 91.8 Å². The summed E-state index contributed by atoms with van der Waals surface area (Å²) < 4.78 is 5.63. The Balaban J connectivity index is 1.79. The van der Waals surface area contributed by atoms with Gasteiger partial charge in [0.05, 0.1) is 28.1 Å². The fraction of sp³-hybridized carbons (Fsp3) is 0.167. The molecule has 164 valence electrons. The van der Waals surface area contributed by atoms with Crippen LogP contribution >= 0.6 is 27.3 Å². The summed E-state index contributed by atoms with van der Waals surface area (Å²) in [6.45, 7) is 0.291. The summed E-state index contributed by atoms with van der Waals surface area (Å²) in [5.41, 5.74) is 1.59. The van der Waals surface area contributed by atoms with Gasteiger partial charge in [0, 0.05) is 6.54 Å². The highest BCUT2D eigenvalue weighted by Crippen LogP contribution is 2.44. The van der Waals surface area contributed by atoms with Gasteiger partial charge < -0.3 is 19.8 Å². The first-order valence-corrected chi connectivity index (χ1v) is 11.5. The second-order valence-corrected chi connectivity index (χ2v) is 9.06. The van der Waals surface area contributed by atoms with Gasteiger partial charge in [0.25, 0.3) is 5.91 Å². The van der Waals surface area contributed by atoms with Gasteiger partial charge >= 0.3 is 0 Å². The number of phenols is 1. The van der Waals surface area contributed by atoms with E-state index in [1.165, 1.54) is 23.3 Å². The van der Waals surface area contributed by atoms with Crippen LogP contribution in [0.25, 0.3) is 0 Å². The SMILES string of the molecule is COc1cc([C@H]2C(C(=O)c3cccs3)=C(O)C(=O)N2CCc2ccccc2)cc(Br)c1O. The van der Waals surface area contributed by atoms with E-state index in [0.717, 1.165) is 5.56 Å². The number of aromatic hydroxyl groups is 1. The molecule has 32 heavy (non-hydrogen) atoms. The zero-order chi connectivity index (χ0) is 22.8. The summed E-state index contributed by atoms with van der Waals surface area (Å²) in [5.74, 6) is -1.45. The molecule has 0 radical (unpaired) electrons. The number of carbonyl (C=O) groups excluding carboxylic acids is 2. The number of methoxy groups -OCH3 is 1. The maximum absolute atomic E-state index is 13.3. The van der Waals surface area contributed by atoms with Crippen LogP contribution in [0, 0.1) is 0 Å². The van der Waals surface area contributed by atoms with Gasteiger partial charge in [0.2, 0.25) is 5.78 Å². The average Bonchev–Trinajstić information content (AvgIpc) is 3.42. The van der Waals surface area contributed by atoms with Crippen molar-refractivity contribution in [1.29, 1.82) is 0 Å². The number of hydrogen-bond donors (Lipinski definition) is 2. The van der Waals surface area contributed by atoms with Crippen molar-refractivity contribution in [2.45, 2.75) is 12.5 Å². The molecule has 0 fully saturated rings. The molecule has 1 aliphatic rings. The second kappa shape index (κ2) is 9.18. The van der Waals surface area contributed by atoms with E-state index in [4.69, 9.17) is 4.74 Å². The molecule has 0 bridgehead atoms. The molecule has 1 aliphatic heterocycles. The number of rotatable bonds is 7. The number of carbonyl (C=O) groups is 2. The summed E-state index contributed by atoms with van der Waals surface area (Å²) in [4.78, 5) is 28.3. The van der Waals surface area contributed by atoms with Crippen LogP contribution in [-0.4, -0.2) is 40.5 Å². The molecule has 0 spiro atoms. The van der Waals surface area contributed by atoms with Crippen molar-refractivity contribution >= 4 is 39.0 Å². The molecule has 2 heterocycles. The number of ether oxygens (including phenoxy) is 1. The molecule has 3 aromatic rings. The molecule has 1 amide bonds. The van der Waals surface area contributed by atoms with E-state index >= 15 is 0 Å². The number of benzene rings is 2. The number of Topliss-reactive ketones (excluding diaryl/α,β-unsaturated/α-hetero) is 1. The number of nitrogens with zero attached hydrogens (tertiary/aromatic N) is 1. The Bertz CT molecular complexity index is 1190. The molecular weight excluding hydrogens is 494 g/mol. The van der Waals surface area contributed by atoms with Crippen LogP contribution < -0.4 is 4.74 Å². The largest absolute Gasteiger partial charge is 0.503 e. The minimum absolute atomic E-state index is 0.0187. The monoisotopic (exact) mass is 513 g/mol. The van der Waals surface area contributed by atoms with Crippen LogP contribution in [0.4, 0.5) is 0 Å². The molecule has 1 aromatic heterocycles. The van der Waals surface area contributed by atoms with E-state index in [1.54, 1.807) is 29.6 Å². The lowest BCUT2D eigenvalue weighted by Crippen LogP contribution is -2.33. The van der Waals surface area contributed by atoms with Crippen molar-refractivity contribution < 1.29 is 24.5 Å². The van der Waals surface area contributed by atoms with Gasteiger partial charge in [-0.1, -0.05) is 36.4 Å². The van der Waals surface area contributed by atoms with Crippen LogP contribution in [0.3, 0.4) is 0 Å². The van der Waals surface area contributed by atoms with E-state index in [1.807, 2.05) is 30.3 Å². The van der Waals surface area contributed by atoms with Crippen LogP contribution in [0.2, 0.25) is 0 Å². The molecule has 0 unspecified atom stereocenters. The third-order valence-corrected chi connectivity index (χ3v) is 6.84. The lowest BCUT2D eigenvalue weighted by Gasteiger charge is -2.27. The number of hydrogen-bond acceptors (Lipinski definition) is 6. The number of thiophene rings is 1. The van der Waals surface area contributed by atoms with Crippen molar-refractivity contribution in [2.24, 2.45) is 0 Å². The van der Waals surface area contributed by atoms with E-state index < -0.39 is 23.5 Å². The van der Waals surface area contributed by atoms with Crippen LogP contribution in [0.1, 0.15) is 26.8 Å². The Morgan fingerprint density at radius 1 is 1.16 bits per heavy atom. The average molecular weight is 514 g/mol. The Labute approximate surface area is 197 Å². The van der Waals surface area contributed by atoms with E-state index in [9.17, 15) is 19.8 Å². The third kappa shape index (κ3) is 4.03. The van der Waals surface area contributed by atoms with E-state index in [-0.39, 0.29) is 17.1 Å². The summed E-state index contributed by atoms with van der Waals surface area (Å²) >= 11 is 4.56. The number of ketones is 1. The Hall–Kier alpha value is -3.10. The molecule has 2 N–H and O–H groups in total. The van der Waals surface area contributed by atoms with Gasteiger partial charge in [-0.2, -0.15) is 0 Å². The lowest BCUT2D eigenvalue weighted by molar-refractivity contribution is -0.129. The standard InChI is InChI=1S/C24H20BrNO5S/c1-31-17-13-15(12-16(25)21(17)27)20-19(22(28)18-8-5-11-32-18)23(29)24(30)26(20)10-9-14-6-3-2-4-7-14/h2-8,11-13,20,27,29H,9-10H2,1H3/t20-/m0/s1. The number of phenolic OH excluding ortho intramolecular Hbond substituents is 1. The zero-order valence-electron chi connectivity index (χ0n) is 17.1. The number of aliphatic hydroxyl groups is 1. The fourth-order valence-corrected chi connectivity index (χ4v) is 4.94. The van der Waals surface area contributed by atoms with Gasteiger partial charge in [0.1, 0.15) is 0 Å². The summed E-state index contributed by atoms with van der Waals surface area (Å²) in [6, 6.07) is 15.5. The number of aliphatic hydroxyl groups excluding tert-OH is 1. The van der Waals surface area contributed by atoms with Gasteiger partial charge in [-0.05, 0) is 57.1 Å². The van der Waals surface area contributed by atoms with Gasteiger partial charge in [0.15, 0.2) is 17.3 Å². The fourth-order valence-electron chi connectivity index (χ4n) is 3.80. The Morgan fingerprint density at radius 3 is 2.56 bits per heavy atom. The van der Waals surface area contributed by atoms with Crippen LogP contribution in [-0.2, 0) is 11.2 Å². The minimum Gasteiger partial charge on any atom is -0.503 e. The highest BCUT2D eigenvalue weighted by molar-refractivity contribution is 9.10. The molecule has 0 aliphatic carbocycles. The summed E-state index contributed by atoms with van der Waals surface area (Å²) in [5, 5.41) is 22.8. The predicted molar refractivity (Wildman–Crippen MR) is 125 cm³/mol. The second-order valence-electron chi connectivity index (χ2n) is 7.26. The van der Waals surface area contributed by atoms with E-state index in [2.05, 4.69) is 15.9 Å². The quantitative estimate of drug-likeness (QED) is 0.432. The van der Waals surface area contributed by atoms with Crippen LogP contribution in [0.5, 0.6) is 11.5 Å². The summed E-state index contributed by atoms with van der Waals surface area (Å²) in [6.07, 6.45) is 0.549. The maximum Gasteiger partial charge on any atom is 0.290 e. The van der Waals surface area contributed by atoms with Crippen molar-refractivity contribution in [2.75, 3.05) is 13.7 Å². The van der Waals surface area contributed by atoms with Crippen molar-refractivity contribution in [3.8, 4) is 11.5 Å². The number of amides is 1. The van der Waals surface area contributed by atoms with Gasteiger partial charge in [-0.15, -0.1) is 11.3 Å². The highest BCUT2D eigenvalue weighted by atomic mass is 79.9. The van der Waals surface area contributed by atoms with Crippen LogP contribution in [0.15, 0.2) is 75.8 Å². The molecular formula is C24H20BrNO5S. The molecule has 8 heteroatoms. The lowest BCUT2D eigenvalue weighted by atomic mass is 9.95. The minimum atomic E-state index is -0.827. The first-order valence-electron chi connectivity index (χ1n) is 9.85. The topological polar surface area (TPSA) is 87.1 Å². The normalized spacial score (nSPS) is 16.0. The molecule has 0 saturated carbocycles. The zero-order valence-corrected chi connectivity index (χ0v) is 19.5. The van der Waals surface area contributed by atoms with Gasteiger partial charge in [-0.3, -0.25) is 9.59 Å². The summed E-state index contributed by atoms with van der Waals surface area (Å²) in [7, 11) is 1.42. The number of halogens is 1. The van der Waals surface area contributed by atoms with Crippen molar-refractivity contribution in [1.82, 2.24) is 4.90 Å².